The van der Waals surface area contributed by atoms with Crippen LogP contribution in [0, 0.1) is 23.7 Å². The van der Waals surface area contributed by atoms with Crippen molar-refractivity contribution in [3.8, 4) is 23.0 Å². The van der Waals surface area contributed by atoms with Gasteiger partial charge in [0.05, 0.1) is 47.6 Å². The number of rotatable bonds is 13. The maximum absolute atomic E-state index is 16.3. The fourth-order valence-corrected chi connectivity index (χ4v) is 15.2. The third-order valence-corrected chi connectivity index (χ3v) is 18.6. The molecule has 13 rings (SSSR count). The number of ether oxygens (including phenoxy) is 7. The Hall–Kier alpha value is -6.44. The summed E-state index contributed by atoms with van der Waals surface area (Å²) in [5.41, 5.74) is 0.446. The second-order valence-corrected chi connectivity index (χ2v) is 24.3. The van der Waals surface area contributed by atoms with Gasteiger partial charge in [-0.15, -0.1) is 0 Å². The van der Waals surface area contributed by atoms with Crippen LogP contribution < -0.4 is 24.3 Å². The van der Waals surface area contributed by atoms with Crippen molar-refractivity contribution in [2.24, 2.45) is 23.7 Å². The summed E-state index contributed by atoms with van der Waals surface area (Å²) in [5.74, 6) is -3.15. The summed E-state index contributed by atoms with van der Waals surface area (Å²) in [4.78, 5) is 62.4. The highest BCUT2D eigenvalue weighted by atomic mass is 16.7. The summed E-state index contributed by atoms with van der Waals surface area (Å²) in [7, 11) is 1.32. The topological polar surface area (TPSA) is 229 Å². The molecule has 6 aliphatic heterocycles. The van der Waals surface area contributed by atoms with Gasteiger partial charge in [-0.25, -0.2) is 9.59 Å². The van der Waals surface area contributed by atoms with Crippen molar-refractivity contribution < 1.29 is 72.8 Å². The van der Waals surface area contributed by atoms with E-state index in [0.29, 0.717) is 83.7 Å². The Labute approximate surface area is 464 Å². The molecule has 80 heavy (non-hydrogen) atoms. The first-order valence-electron chi connectivity index (χ1n) is 27.8. The minimum absolute atomic E-state index is 0.0360. The van der Waals surface area contributed by atoms with Gasteiger partial charge in [0.15, 0.2) is 28.5 Å². The van der Waals surface area contributed by atoms with E-state index in [0.717, 1.165) is 16.8 Å². The van der Waals surface area contributed by atoms with E-state index in [1.165, 1.54) is 36.9 Å². The van der Waals surface area contributed by atoms with Gasteiger partial charge in [-0.05, 0) is 117 Å². The molecule has 10 aliphatic rings. The third-order valence-electron chi connectivity index (χ3n) is 18.6. The van der Waals surface area contributed by atoms with E-state index in [1.807, 2.05) is 71.0 Å². The van der Waals surface area contributed by atoms with E-state index in [9.17, 15) is 25.2 Å². The molecule has 17 nitrogen and oxygen atoms in total. The van der Waals surface area contributed by atoms with Gasteiger partial charge in [-0.2, -0.15) is 0 Å². The second-order valence-electron chi connectivity index (χ2n) is 24.3. The van der Waals surface area contributed by atoms with Gasteiger partial charge in [0.25, 0.3) is 0 Å². The minimum atomic E-state index is -1.70. The molecule has 8 unspecified atom stereocenters. The molecule has 6 fully saturated rings. The number of esters is 2. The van der Waals surface area contributed by atoms with Gasteiger partial charge in [0, 0.05) is 65.1 Å². The largest absolute Gasteiger partial charge is 0.482 e. The molecule has 6 heterocycles. The highest BCUT2D eigenvalue weighted by molar-refractivity contribution is 6.22. The predicted octanol–water partition coefficient (Wildman–Crippen LogP) is 6.82. The van der Waals surface area contributed by atoms with Crippen LogP contribution in [-0.4, -0.2) is 129 Å². The molecule has 3 saturated carbocycles. The first-order valence-corrected chi connectivity index (χ1v) is 27.8. The zero-order chi connectivity index (χ0) is 56.7. The number of Topliss-reactive ketones (excluding diaryl/α,β-unsaturated/α-hetero) is 2. The van der Waals surface area contributed by atoms with E-state index < -0.39 is 101 Å². The molecule has 3 aromatic rings. The Bertz CT molecular complexity index is 3310. The van der Waals surface area contributed by atoms with Crippen molar-refractivity contribution in [1.82, 2.24) is 10.2 Å². The first-order chi connectivity index (χ1) is 38.1. The normalized spacial score (nSPS) is 34.2. The molecule has 0 aromatic heterocycles. The first kappa shape index (κ1) is 54.2. The van der Waals surface area contributed by atoms with Crippen LogP contribution in [0.15, 0.2) is 95.1 Å². The number of aliphatic hydroxyl groups excluding tert-OH is 4. The fraction of sp³-hybridized carbons (Fsp3) is 0.492. The van der Waals surface area contributed by atoms with Crippen LogP contribution in [0.25, 0.3) is 11.8 Å². The van der Waals surface area contributed by atoms with Gasteiger partial charge in [-0.3, -0.25) is 14.9 Å². The number of carbonyl (C=O) groups excluding carboxylic acids is 4. The Morgan fingerprint density at radius 3 is 2.31 bits per heavy atom. The Morgan fingerprint density at radius 1 is 0.887 bits per heavy atom. The van der Waals surface area contributed by atoms with E-state index >= 15 is 14.4 Å². The van der Waals surface area contributed by atoms with Crippen LogP contribution in [0.4, 0.5) is 0 Å². The summed E-state index contributed by atoms with van der Waals surface area (Å²) in [6.45, 7) is 16.0. The van der Waals surface area contributed by atoms with Crippen LogP contribution in [-0.2, 0) is 35.9 Å². The summed E-state index contributed by atoms with van der Waals surface area (Å²) in [6.07, 6.45) is 4.36. The molecule has 5 N–H and O–H groups in total. The molecular weight excluding hydrogens is 1020 g/mol. The minimum Gasteiger partial charge on any atom is -0.482 e. The van der Waals surface area contributed by atoms with Crippen LogP contribution in [0.3, 0.4) is 0 Å². The Morgan fingerprint density at radius 2 is 1.61 bits per heavy atom. The number of hydrogen-bond donors (Lipinski definition) is 5. The highest BCUT2D eigenvalue weighted by Crippen LogP contribution is 2.78. The van der Waals surface area contributed by atoms with E-state index in [-0.39, 0.29) is 35.0 Å². The zero-order valence-corrected chi connectivity index (χ0v) is 46.6. The number of hydrogen-bond acceptors (Lipinski definition) is 17. The summed E-state index contributed by atoms with van der Waals surface area (Å²) in [5, 5.41) is 45.4. The lowest BCUT2D eigenvalue weighted by Crippen LogP contribution is -2.84. The maximum Gasteiger partial charge on any atom is 0.343 e. The zero-order valence-electron chi connectivity index (χ0n) is 46.6. The van der Waals surface area contributed by atoms with Gasteiger partial charge < -0.3 is 58.5 Å². The number of benzene rings is 3. The van der Waals surface area contributed by atoms with Crippen molar-refractivity contribution in [2.75, 3.05) is 26.8 Å². The highest BCUT2D eigenvalue weighted by Gasteiger charge is 2.89. The molecule has 0 amide bonds. The molecule has 4 bridgehead atoms. The van der Waals surface area contributed by atoms with E-state index in [4.69, 9.17) is 33.2 Å². The molecule has 17 heteroatoms. The fourth-order valence-electron chi connectivity index (χ4n) is 15.2. The van der Waals surface area contributed by atoms with Crippen molar-refractivity contribution in [1.29, 1.82) is 0 Å². The smallest absolute Gasteiger partial charge is 0.343 e. The summed E-state index contributed by atoms with van der Waals surface area (Å²) < 4.78 is 46.6. The number of nitrogens with one attached hydrogen (secondary N) is 1. The molecule has 422 valence electrons. The lowest BCUT2D eigenvalue weighted by Gasteiger charge is -2.70. The molecule has 0 radical (unpaired) electrons. The number of ketones is 2. The lowest BCUT2D eigenvalue weighted by atomic mass is 9.39. The number of allylic oxidation sites excluding steroid dienone is 5. The molecule has 3 saturated heterocycles. The quantitative estimate of drug-likeness (QED) is 0.0512. The SMILES string of the molecule is COC(=O)C(C)=CCC12OC(C)(C)C3CC(C1=O)C1C4=C(c5ccccc5C4=O)N4CCNC45c4c(OC(=O)c6ccc(O[C@H]7O[C@@H](CO)[C@H](O)[C@@H](O)[C@@H]7O)cc6)c6c(c(CC=C(C)C)c4OC32C15)OC(C)(CCC=C(C)C)C=C6. The average molecular weight is 1100 g/mol. The van der Waals surface area contributed by atoms with E-state index in [1.54, 1.807) is 13.0 Å². The number of carbonyl (C=O) groups is 4. The van der Waals surface area contributed by atoms with E-state index in [2.05, 4.69) is 36.2 Å². The Kier molecular flexibility index (Phi) is 12.9. The van der Waals surface area contributed by atoms with Crippen molar-refractivity contribution in [3.05, 3.63) is 129 Å². The number of aliphatic hydroxyl groups is 4. The Balaban J connectivity index is 1.11. The van der Waals surface area contributed by atoms with Crippen molar-refractivity contribution in [2.45, 2.75) is 146 Å². The summed E-state index contributed by atoms with van der Waals surface area (Å²) >= 11 is 0. The number of fused-ring (bicyclic) bond motifs is 5. The molecule has 13 atom stereocenters. The lowest BCUT2D eigenvalue weighted by molar-refractivity contribution is -0.277. The molecule has 2 spiro atoms. The van der Waals surface area contributed by atoms with Crippen molar-refractivity contribution >= 4 is 35.3 Å². The predicted molar refractivity (Wildman–Crippen MR) is 291 cm³/mol. The van der Waals surface area contributed by atoms with Crippen LogP contribution in [0.1, 0.15) is 124 Å². The number of methoxy groups -OCH3 is 1. The molecule has 4 aliphatic carbocycles. The third kappa shape index (κ3) is 7.60. The molecule has 3 aromatic carbocycles. The average Bonchev–Trinajstić information content (AvgIpc) is 2.39. The second kappa shape index (κ2) is 19.1. The maximum atomic E-state index is 16.3. The van der Waals surface area contributed by atoms with Crippen LogP contribution in [0.5, 0.6) is 23.0 Å². The van der Waals surface area contributed by atoms with Gasteiger partial charge >= 0.3 is 11.9 Å². The van der Waals surface area contributed by atoms with Gasteiger partial charge in [0.1, 0.15) is 52.9 Å². The monoisotopic (exact) mass is 1090 g/mol. The molecular formula is C63H70N2O15. The standard InChI is InChI=1S/C63H70N2O15/c1-31(2)13-12-24-60(8)25-23-39-51(78-60)38(21-16-32(3)4)53-45(52(39)77-57(73)34-17-19-35(20-18-34)75-58-50(70)49(69)48(68)41(30-66)76-58)63-54-43(44-46(65(63)28-27-64-63)36-14-10-11-15-37(36)47(44)67)40-29-42-59(6,7)80-61(55(40)71,62(42,54)79-53)26-22-33(5)56(72)74-9/h10-11,13-20,22-23,25,40-43,48-50,54,58,64,66,68-70H,12,21,24,26-30H2,1-9H3/t40?,41-,42?,43?,48-,49+,50-,54?,58-,60?,61?,62?,63?/m0/s1. The van der Waals surface area contributed by atoms with Gasteiger partial charge in [0.2, 0.25) is 6.29 Å². The number of nitrogens with zero attached hydrogens (tertiary/aromatic N) is 1. The van der Waals surface area contributed by atoms with Crippen molar-refractivity contribution in [3.63, 3.8) is 0 Å². The summed E-state index contributed by atoms with van der Waals surface area (Å²) in [6, 6.07) is 13.5. The van der Waals surface area contributed by atoms with Crippen LogP contribution in [0.2, 0.25) is 0 Å². The van der Waals surface area contributed by atoms with Crippen LogP contribution >= 0.6 is 0 Å². The van der Waals surface area contributed by atoms with Gasteiger partial charge in [-0.1, -0.05) is 53.6 Å².